The van der Waals surface area contributed by atoms with Crippen molar-refractivity contribution in [1.29, 1.82) is 0 Å². The van der Waals surface area contributed by atoms with E-state index in [0.29, 0.717) is 0 Å². The molecule has 0 atom stereocenters. The summed E-state index contributed by atoms with van der Waals surface area (Å²) in [6, 6.07) is 94.3. The first-order chi connectivity index (χ1) is 34.7. The minimum Gasteiger partial charge on any atom is -0.456 e. The third-order valence-corrected chi connectivity index (χ3v) is 14.6. The van der Waals surface area contributed by atoms with Crippen molar-refractivity contribution in [2.45, 2.75) is 5.41 Å². The lowest BCUT2D eigenvalue weighted by Crippen LogP contribution is -2.28. The van der Waals surface area contributed by atoms with E-state index in [9.17, 15) is 0 Å². The second kappa shape index (κ2) is 16.0. The molecule has 1 aliphatic carbocycles. The summed E-state index contributed by atoms with van der Waals surface area (Å²) >= 11 is 0. The third-order valence-electron chi connectivity index (χ3n) is 14.6. The molecule has 2 aromatic heterocycles. The minimum absolute atomic E-state index is 0.530. The van der Waals surface area contributed by atoms with Crippen LogP contribution in [0.3, 0.4) is 0 Å². The van der Waals surface area contributed by atoms with Crippen LogP contribution in [0.15, 0.2) is 270 Å². The highest BCUT2D eigenvalue weighted by Crippen LogP contribution is 2.59. The Morgan fingerprint density at radius 1 is 0.300 bits per heavy atom. The minimum atomic E-state index is -0.530. The van der Waals surface area contributed by atoms with Gasteiger partial charge in [-0.15, -0.1) is 0 Å². The average Bonchev–Trinajstić information content (AvgIpc) is 4.11. The Hall–Kier alpha value is -9.18. The molecule has 0 N–H and O–H groups in total. The zero-order valence-corrected chi connectivity index (χ0v) is 38.1. The van der Waals surface area contributed by atoms with Gasteiger partial charge in [0.2, 0.25) is 0 Å². The Morgan fingerprint density at radius 3 is 1.49 bits per heavy atom. The predicted octanol–water partition coefficient (Wildman–Crippen LogP) is 18.3. The van der Waals surface area contributed by atoms with Crippen molar-refractivity contribution in [2.75, 3.05) is 4.90 Å². The summed E-state index contributed by atoms with van der Waals surface area (Å²) in [5.74, 6) is 0. The SMILES string of the molecule is c1ccc(C2(c3ccccc3)c3ccccc3-c3c(N(c4ccc(-c5ccc(-c6cccc7c6oc6ccccc67)cc5)cc4)c4ccc(-c5cccc6oc7ccccc7c56)cc4)cccc32)cc1. The lowest BCUT2D eigenvalue weighted by atomic mass is 9.68. The molecule has 13 aromatic rings. The van der Waals surface area contributed by atoms with Gasteiger partial charge in [0.25, 0.3) is 0 Å². The maximum atomic E-state index is 6.41. The second-order valence-corrected chi connectivity index (χ2v) is 18.3. The fourth-order valence-corrected chi connectivity index (χ4v) is 11.5. The molecule has 70 heavy (non-hydrogen) atoms. The topological polar surface area (TPSA) is 29.5 Å². The maximum absolute atomic E-state index is 6.41. The van der Waals surface area contributed by atoms with Crippen LogP contribution < -0.4 is 4.90 Å². The Balaban J connectivity index is 0.916. The van der Waals surface area contributed by atoms with E-state index in [1.165, 1.54) is 33.4 Å². The number of nitrogens with zero attached hydrogens (tertiary/aromatic N) is 1. The molecule has 0 spiro atoms. The van der Waals surface area contributed by atoms with Gasteiger partial charge in [-0.1, -0.05) is 212 Å². The molecule has 0 amide bonds. The van der Waals surface area contributed by atoms with Crippen molar-refractivity contribution in [3.8, 4) is 44.5 Å². The Labute approximate surface area is 405 Å². The molecule has 11 aromatic carbocycles. The molecule has 0 radical (unpaired) electrons. The number of hydrogen-bond donors (Lipinski definition) is 0. The molecular weight excluding hydrogens is 851 g/mol. The predicted molar refractivity (Wildman–Crippen MR) is 289 cm³/mol. The molecule has 3 heteroatoms. The van der Waals surface area contributed by atoms with Gasteiger partial charge >= 0.3 is 0 Å². The van der Waals surface area contributed by atoms with Gasteiger partial charge in [-0.3, -0.25) is 0 Å². The Kier molecular flexibility index (Phi) is 9.11. The highest BCUT2D eigenvalue weighted by molar-refractivity contribution is 6.13. The van der Waals surface area contributed by atoms with Crippen LogP contribution in [0.25, 0.3) is 88.4 Å². The first-order valence-corrected chi connectivity index (χ1v) is 24.0. The van der Waals surface area contributed by atoms with E-state index in [1.54, 1.807) is 0 Å². The van der Waals surface area contributed by atoms with Gasteiger partial charge in [-0.25, -0.2) is 0 Å². The molecule has 0 aliphatic heterocycles. The van der Waals surface area contributed by atoms with E-state index in [1.807, 2.05) is 24.3 Å². The van der Waals surface area contributed by atoms with Crippen molar-refractivity contribution in [1.82, 2.24) is 0 Å². The lowest BCUT2D eigenvalue weighted by Gasteiger charge is -2.34. The van der Waals surface area contributed by atoms with Gasteiger partial charge in [0.1, 0.15) is 22.3 Å². The van der Waals surface area contributed by atoms with Crippen LogP contribution in [-0.4, -0.2) is 0 Å². The van der Waals surface area contributed by atoms with Gasteiger partial charge in [-0.05, 0) is 104 Å². The Bertz CT molecular complexity index is 4050. The molecule has 0 unspecified atom stereocenters. The van der Waals surface area contributed by atoms with Gasteiger partial charge < -0.3 is 13.7 Å². The van der Waals surface area contributed by atoms with Crippen molar-refractivity contribution < 1.29 is 8.83 Å². The number of benzene rings is 11. The fraction of sp³-hybridized carbons (Fsp3) is 0.0149. The standard InChI is InChI=1S/C67H43NO2/c1-3-16-48(17-4-1)67(49-18-5-2-6-19-49)58-26-10-7-21-56(58)65-59(67)27-15-28-60(65)68(51-42-38-46(39-43-51)52-23-14-31-63-64(52)57-22-9-12-30-62(57)69-63)50-40-36-45(37-41-50)44-32-34-47(35-33-44)53-24-13-25-55-54-20-8-11-29-61(54)70-66(53)55/h1-43H. The third kappa shape index (κ3) is 6.08. The normalized spacial score (nSPS) is 12.7. The smallest absolute Gasteiger partial charge is 0.143 e. The second-order valence-electron chi connectivity index (χ2n) is 18.3. The quantitative estimate of drug-likeness (QED) is 0.152. The molecule has 3 nitrogen and oxygen atoms in total. The molecular formula is C67H43NO2. The largest absolute Gasteiger partial charge is 0.456 e. The summed E-state index contributed by atoms with van der Waals surface area (Å²) in [6.07, 6.45) is 0. The maximum Gasteiger partial charge on any atom is 0.143 e. The molecule has 0 fully saturated rings. The molecule has 0 saturated heterocycles. The van der Waals surface area contributed by atoms with E-state index < -0.39 is 5.41 Å². The van der Waals surface area contributed by atoms with Crippen LogP contribution >= 0.6 is 0 Å². The monoisotopic (exact) mass is 893 g/mol. The van der Waals surface area contributed by atoms with Crippen molar-refractivity contribution in [3.63, 3.8) is 0 Å². The average molecular weight is 894 g/mol. The number of para-hydroxylation sites is 3. The first-order valence-electron chi connectivity index (χ1n) is 24.0. The summed E-state index contributed by atoms with van der Waals surface area (Å²) in [5, 5.41) is 4.52. The van der Waals surface area contributed by atoms with Gasteiger partial charge in [0.15, 0.2) is 0 Å². The van der Waals surface area contributed by atoms with Crippen LogP contribution in [0, 0.1) is 0 Å². The van der Waals surface area contributed by atoms with E-state index >= 15 is 0 Å². The summed E-state index contributed by atoms with van der Waals surface area (Å²) in [7, 11) is 0. The van der Waals surface area contributed by atoms with Crippen LogP contribution in [0.1, 0.15) is 22.3 Å². The van der Waals surface area contributed by atoms with Crippen LogP contribution in [-0.2, 0) is 5.41 Å². The fourth-order valence-electron chi connectivity index (χ4n) is 11.5. The van der Waals surface area contributed by atoms with Gasteiger partial charge in [0, 0.05) is 44.0 Å². The van der Waals surface area contributed by atoms with E-state index in [0.717, 1.165) is 94.3 Å². The number of hydrogen-bond acceptors (Lipinski definition) is 3. The molecule has 1 aliphatic rings. The Morgan fingerprint density at radius 2 is 0.771 bits per heavy atom. The zero-order valence-electron chi connectivity index (χ0n) is 38.1. The van der Waals surface area contributed by atoms with Crippen LogP contribution in [0.4, 0.5) is 17.1 Å². The number of rotatable bonds is 8. The molecule has 328 valence electrons. The van der Waals surface area contributed by atoms with E-state index in [2.05, 4.69) is 241 Å². The van der Waals surface area contributed by atoms with Crippen molar-refractivity contribution >= 4 is 60.9 Å². The van der Waals surface area contributed by atoms with E-state index in [4.69, 9.17) is 8.83 Å². The summed E-state index contributed by atoms with van der Waals surface area (Å²) in [6.45, 7) is 0. The number of anilines is 3. The van der Waals surface area contributed by atoms with Gasteiger partial charge in [-0.2, -0.15) is 0 Å². The summed E-state index contributed by atoms with van der Waals surface area (Å²) in [4.78, 5) is 2.44. The van der Waals surface area contributed by atoms with Gasteiger partial charge in [0.05, 0.1) is 11.1 Å². The number of furan rings is 2. The molecule has 0 bridgehead atoms. The van der Waals surface area contributed by atoms with Crippen LogP contribution in [0.2, 0.25) is 0 Å². The van der Waals surface area contributed by atoms with Crippen LogP contribution in [0.5, 0.6) is 0 Å². The molecule has 14 rings (SSSR count). The lowest BCUT2D eigenvalue weighted by molar-refractivity contribution is 0.669. The highest BCUT2D eigenvalue weighted by Gasteiger charge is 2.47. The molecule has 0 saturated carbocycles. The summed E-state index contributed by atoms with van der Waals surface area (Å²) < 4.78 is 12.7. The van der Waals surface area contributed by atoms with Crippen molar-refractivity contribution in [2.24, 2.45) is 0 Å². The van der Waals surface area contributed by atoms with Crippen molar-refractivity contribution in [3.05, 3.63) is 283 Å². The first kappa shape index (κ1) is 39.9. The summed E-state index contributed by atoms with van der Waals surface area (Å²) in [5.41, 5.74) is 20.6. The highest BCUT2D eigenvalue weighted by atomic mass is 16.3. The van der Waals surface area contributed by atoms with E-state index in [-0.39, 0.29) is 0 Å². The molecule has 2 heterocycles. The number of fused-ring (bicyclic) bond motifs is 9. The zero-order chi connectivity index (χ0) is 46.2.